The molecule has 0 unspecified atom stereocenters. The zero-order chi connectivity index (χ0) is 14.3. The van der Waals surface area contributed by atoms with E-state index in [-0.39, 0.29) is 0 Å². The Morgan fingerprint density at radius 1 is 1.15 bits per heavy atom. The van der Waals surface area contributed by atoms with Crippen LogP contribution < -0.4 is 0 Å². The number of aryl methyl sites for hydroxylation is 2. The molecule has 0 saturated carbocycles. The average Bonchev–Trinajstić information content (AvgIpc) is 2.74. The standard InChI is InChI=1S/C15H13BrClN3/c1-9-3-11(16)6-12(4-9)20-14(7-17)19-13-5-10(2)8-18-15(13)20/h3-6,8H,7H2,1-2H3. The molecule has 0 fully saturated rings. The third kappa shape index (κ3) is 2.34. The molecule has 0 aliphatic carbocycles. The number of alkyl halides is 1. The second-order valence-electron chi connectivity index (χ2n) is 4.84. The first kappa shape index (κ1) is 13.6. The molecule has 0 atom stereocenters. The van der Waals surface area contributed by atoms with E-state index in [1.54, 1.807) is 0 Å². The maximum atomic E-state index is 6.05. The van der Waals surface area contributed by atoms with Gasteiger partial charge in [-0.2, -0.15) is 0 Å². The van der Waals surface area contributed by atoms with Gasteiger partial charge in [-0.1, -0.05) is 15.9 Å². The molecular formula is C15H13BrClN3. The Morgan fingerprint density at radius 2 is 1.95 bits per heavy atom. The Kier molecular flexibility index (Phi) is 3.52. The van der Waals surface area contributed by atoms with E-state index in [1.807, 2.05) is 29.8 Å². The minimum Gasteiger partial charge on any atom is -0.280 e. The van der Waals surface area contributed by atoms with Crippen LogP contribution in [-0.2, 0) is 5.88 Å². The second kappa shape index (κ2) is 5.19. The van der Waals surface area contributed by atoms with Crippen molar-refractivity contribution in [1.82, 2.24) is 14.5 Å². The highest BCUT2D eigenvalue weighted by Gasteiger charge is 2.13. The van der Waals surface area contributed by atoms with E-state index in [9.17, 15) is 0 Å². The molecule has 102 valence electrons. The molecule has 0 bridgehead atoms. The van der Waals surface area contributed by atoms with Crippen molar-refractivity contribution in [2.24, 2.45) is 0 Å². The highest BCUT2D eigenvalue weighted by molar-refractivity contribution is 9.10. The summed E-state index contributed by atoms with van der Waals surface area (Å²) in [5, 5.41) is 0. The Labute approximate surface area is 130 Å². The fourth-order valence-electron chi connectivity index (χ4n) is 2.32. The summed E-state index contributed by atoms with van der Waals surface area (Å²) in [6.45, 7) is 4.07. The summed E-state index contributed by atoms with van der Waals surface area (Å²) in [5.41, 5.74) is 4.99. The monoisotopic (exact) mass is 349 g/mol. The van der Waals surface area contributed by atoms with Crippen molar-refractivity contribution in [2.45, 2.75) is 19.7 Å². The van der Waals surface area contributed by atoms with Crippen LogP contribution in [0.4, 0.5) is 0 Å². The van der Waals surface area contributed by atoms with Gasteiger partial charge < -0.3 is 0 Å². The molecule has 0 N–H and O–H groups in total. The molecule has 5 heteroatoms. The van der Waals surface area contributed by atoms with Crippen molar-refractivity contribution < 1.29 is 0 Å². The lowest BCUT2D eigenvalue weighted by Crippen LogP contribution is -2.01. The number of rotatable bonds is 2. The molecule has 0 aliphatic heterocycles. The molecular weight excluding hydrogens is 338 g/mol. The fourth-order valence-corrected chi connectivity index (χ4v) is 3.09. The number of nitrogens with zero attached hydrogens (tertiary/aromatic N) is 3. The molecule has 3 nitrogen and oxygen atoms in total. The lowest BCUT2D eigenvalue weighted by molar-refractivity contribution is 0.966. The van der Waals surface area contributed by atoms with E-state index < -0.39 is 0 Å². The molecule has 0 radical (unpaired) electrons. The number of aromatic nitrogens is 3. The molecule has 2 aromatic heterocycles. The molecule has 20 heavy (non-hydrogen) atoms. The largest absolute Gasteiger partial charge is 0.280 e. The minimum absolute atomic E-state index is 0.348. The number of halogens is 2. The Bertz CT molecular complexity index is 775. The van der Waals surface area contributed by atoms with Crippen LogP contribution in [-0.4, -0.2) is 14.5 Å². The van der Waals surface area contributed by atoms with Gasteiger partial charge in [-0.3, -0.25) is 4.57 Å². The average molecular weight is 351 g/mol. The summed E-state index contributed by atoms with van der Waals surface area (Å²) >= 11 is 9.58. The highest BCUT2D eigenvalue weighted by atomic mass is 79.9. The molecule has 3 rings (SSSR count). The van der Waals surface area contributed by atoms with E-state index in [4.69, 9.17) is 11.6 Å². The van der Waals surface area contributed by atoms with E-state index in [1.165, 1.54) is 5.56 Å². The normalized spacial score (nSPS) is 11.2. The van der Waals surface area contributed by atoms with Crippen molar-refractivity contribution in [3.8, 4) is 5.69 Å². The van der Waals surface area contributed by atoms with Crippen LogP contribution in [0.15, 0.2) is 34.9 Å². The maximum absolute atomic E-state index is 6.05. The highest BCUT2D eigenvalue weighted by Crippen LogP contribution is 2.25. The summed E-state index contributed by atoms with van der Waals surface area (Å²) < 4.78 is 3.04. The summed E-state index contributed by atoms with van der Waals surface area (Å²) in [4.78, 5) is 9.09. The van der Waals surface area contributed by atoms with Crippen LogP contribution in [0.2, 0.25) is 0 Å². The molecule has 2 heterocycles. The van der Waals surface area contributed by atoms with Crippen molar-refractivity contribution in [2.75, 3.05) is 0 Å². The van der Waals surface area contributed by atoms with E-state index in [0.29, 0.717) is 5.88 Å². The van der Waals surface area contributed by atoms with Crippen molar-refractivity contribution >= 4 is 38.7 Å². The number of fused-ring (bicyclic) bond motifs is 1. The van der Waals surface area contributed by atoms with E-state index >= 15 is 0 Å². The van der Waals surface area contributed by atoms with Gasteiger partial charge in [-0.15, -0.1) is 11.6 Å². The van der Waals surface area contributed by atoms with Gasteiger partial charge in [0.05, 0.1) is 11.6 Å². The first-order valence-electron chi connectivity index (χ1n) is 6.26. The summed E-state index contributed by atoms with van der Waals surface area (Å²) in [6, 6.07) is 8.25. The smallest absolute Gasteiger partial charge is 0.164 e. The zero-order valence-electron chi connectivity index (χ0n) is 11.2. The van der Waals surface area contributed by atoms with E-state index in [0.717, 1.165) is 32.7 Å². The number of hydrogen-bond donors (Lipinski definition) is 0. The Hall–Kier alpha value is -1.39. The topological polar surface area (TPSA) is 30.7 Å². The van der Waals surface area contributed by atoms with Crippen LogP contribution in [0.5, 0.6) is 0 Å². The number of benzene rings is 1. The third-order valence-corrected chi connectivity index (χ3v) is 3.80. The van der Waals surface area contributed by atoms with Crippen LogP contribution >= 0.6 is 27.5 Å². The van der Waals surface area contributed by atoms with Crippen molar-refractivity contribution in [3.63, 3.8) is 0 Å². The van der Waals surface area contributed by atoms with Gasteiger partial charge in [0.1, 0.15) is 11.3 Å². The van der Waals surface area contributed by atoms with E-state index in [2.05, 4.69) is 45.0 Å². The molecule has 0 saturated heterocycles. The van der Waals surface area contributed by atoms with Crippen LogP contribution in [0.1, 0.15) is 17.0 Å². The molecule has 3 aromatic rings. The third-order valence-electron chi connectivity index (χ3n) is 3.11. The van der Waals surface area contributed by atoms with Gasteiger partial charge in [0.15, 0.2) is 5.65 Å². The molecule has 0 aliphatic rings. The zero-order valence-corrected chi connectivity index (χ0v) is 13.5. The lowest BCUT2D eigenvalue weighted by Gasteiger charge is -2.09. The van der Waals surface area contributed by atoms with Crippen molar-refractivity contribution in [3.05, 3.63) is 51.9 Å². The number of pyridine rings is 1. The van der Waals surface area contributed by atoms with Crippen LogP contribution in [0.25, 0.3) is 16.9 Å². The molecule has 1 aromatic carbocycles. The van der Waals surface area contributed by atoms with Gasteiger partial charge in [0.2, 0.25) is 0 Å². The first-order chi connectivity index (χ1) is 9.58. The number of imidazole rings is 1. The van der Waals surface area contributed by atoms with Crippen molar-refractivity contribution in [1.29, 1.82) is 0 Å². The van der Waals surface area contributed by atoms with Crippen LogP contribution in [0, 0.1) is 13.8 Å². The van der Waals surface area contributed by atoms with Gasteiger partial charge in [-0.25, -0.2) is 9.97 Å². The fraction of sp³-hybridized carbons (Fsp3) is 0.200. The lowest BCUT2D eigenvalue weighted by atomic mass is 10.2. The first-order valence-corrected chi connectivity index (χ1v) is 7.59. The minimum atomic E-state index is 0.348. The molecule has 0 amide bonds. The predicted octanol–water partition coefficient (Wildman–Crippen LogP) is 4.54. The Balaban J connectivity index is 2.33. The summed E-state index contributed by atoms with van der Waals surface area (Å²) in [5.74, 6) is 1.15. The van der Waals surface area contributed by atoms with Gasteiger partial charge in [0, 0.05) is 10.7 Å². The van der Waals surface area contributed by atoms with Gasteiger partial charge in [-0.05, 0) is 49.2 Å². The summed E-state index contributed by atoms with van der Waals surface area (Å²) in [7, 11) is 0. The predicted molar refractivity (Wildman–Crippen MR) is 85.6 cm³/mol. The van der Waals surface area contributed by atoms with Gasteiger partial charge >= 0.3 is 0 Å². The maximum Gasteiger partial charge on any atom is 0.164 e. The second-order valence-corrected chi connectivity index (χ2v) is 6.02. The summed E-state index contributed by atoms with van der Waals surface area (Å²) in [6.07, 6.45) is 1.85. The quantitative estimate of drug-likeness (QED) is 0.635. The SMILES string of the molecule is Cc1cc(Br)cc(-n2c(CCl)nc3cc(C)cnc32)c1. The van der Waals surface area contributed by atoms with Gasteiger partial charge in [0.25, 0.3) is 0 Å². The number of hydrogen-bond acceptors (Lipinski definition) is 2. The Morgan fingerprint density at radius 3 is 2.65 bits per heavy atom. The van der Waals surface area contributed by atoms with Crippen LogP contribution in [0.3, 0.4) is 0 Å². The molecule has 0 spiro atoms.